The summed E-state index contributed by atoms with van der Waals surface area (Å²) in [4.78, 5) is 35.0. The first-order chi connectivity index (χ1) is 15.3. The molecule has 2 N–H and O–H groups in total. The number of para-hydroxylation sites is 1. The Morgan fingerprint density at radius 2 is 1.97 bits per heavy atom. The summed E-state index contributed by atoms with van der Waals surface area (Å²) in [6.07, 6.45) is 1.50. The highest BCUT2D eigenvalue weighted by atomic mass is 32.2. The number of aromatic carboxylic acids is 1. The molecule has 9 nitrogen and oxygen atoms in total. The molecule has 0 radical (unpaired) electrons. The number of nitro groups is 1. The van der Waals surface area contributed by atoms with Gasteiger partial charge in [0.25, 0.3) is 11.6 Å². The van der Waals surface area contributed by atoms with Crippen molar-refractivity contribution < 1.29 is 24.0 Å². The molecule has 1 aliphatic rings. The highest BCUT2D eigenvalue weighted by Gasteiger charge is 2.33. The van der Waals surface area contributed by atoms with Gasteiger partial charge >= 0.3 is 5.97 Å². The summed E-state index contributed by atoms with van der Waals surface area (Å²) < 4.78 is 5.93. The maximum atomic E-state index is 12.8. The van der Waals surface area contributed by atoms with E-state index < -0.39 is 16.8 Å². The number of carbonyl (C=O) groups excluding carboxylic acids is 1. The number of anilines is 1. The molecule has 3 aromatic rings. The van der Waals surface area contributed by atoms with Gasteiger partial charge in [0, 0.05) is 23.8 Å². The van der Waals surface area contributed by atoms with Crippen molar-refractivity contribution in [3.63, 3.8) is 0 Å². The minimum atomic E-state index is -1.14. The number of nitrogens with one attached hydrogen (secondary N) is 1. The molecule has 32 heavy (non-hydrogen) atoms. The van der Waals surface area contributed by atoms with Crippen molar-refractivity contribution in [1.82, 2.24) is 5.01 Å². The summed E-state index contributed by atoms with van der Waals surface area (Å²) in [6, 6.07) is 15.5. The molecule has 0 unspecified atom stereocenters. The van der Waals surface area contributed by atoms with Crippen molar-refractivity contribution >= 4 is 57.6 Å². The Morgan fingerprint density at radius 1 is 1.19 bits per heavy atom. The fraction of sp³-hybridized carbons (Fsp3) is 0. The second kappa shape index (κ2) is 8.65. The van der Waals surface area contributed by atoms with Gasteiger partial charge in [-0.15, -0.1) is 0 Å². The number of amides is 1. The molecule has 1 amide bonds. The third-order valence-electron chi connectivity index (χ3n) is 4.43. The minimum Gasteiger partial charge on any atom is -0.478 e. The largest absolute Gasteiger partial charge is 0.478 e. The number of furan rings is 1. The number of thioether (sulfide) groups is 1. The third kappa shape index (κ3) is 4.24. The minimum absolute atomic E-state index is 0.00170. The summed E-state index contributed by atoms with van der Waals surface area (Å²) in [5.74, 6) is -0.839. The van der Waals surface area contributed by atoms with Gasteiger partial charge in [-0.3, -0.25) is 20.3 Å². The Kier molecular flexibility index (Phi) is 5.75. The lowest BCUT2D eigenvalue weighted by molar-refractivity contribution is -0.384. The Bertz CT molecular complexity index is 1300. The van der Waals surface area contributed by atoms with Crippen molar-refractivity contribution in [3.8, 4) is 11.3 Å². The molecule has 11 heteroatoms. The van der Waals surface area contributed by atoms with Crippen LogP contribution in [0, 0.1) is 10.1 Å². The highest BCUT2D eigenvalue weighted by molar-refractivity contribution is 8.26. The van der Waals surface area contributed by atoms with Crippen molar-refractivity contribution in [2.24, 2.45) is 0 Å². The van der Waals surface area contributed by atoms with Crippen LogP contribution in [0.5, 0.6) is 0 Å². The van der Waals surface area contributed by atoms with Crippen LogP contribution in [0.1, 0.15) is 16.1 Å². The van der Waals surface area contributed by atoms with Gasteiger partial charge in [0.05, 0.1) is 21.1 Å². The van der Waals surface area contributed by atoms with Crippen molar-refractivity contribution in [2.45, 2.75) is 0 Å². The molecule has 0 atom stereocenters. The number of hydrogen-bond donors (Lipinski definition) is 2. The predicted molar refractivity (Wildman–Crippen MR) is 123 cm³/mol. The zero-order chi connectivity index (χ0) is 22.8. The second-order valence-corrected chi connectivity index (χ2v) is 8.16. The fourth-order valence-electron chi connectivity index (χ4n) is 2.94. The normalized spacial score (nSPS) is 14.8. The van der Waals surface area contributed by atoms with Gasteiger partial charge in [0.1, 0.15) is 11.5 Å². The SMILES string of the molecule is O=C(O)c1ccccc1NN1C(=O)C(=Cc2ccc(-c3cccc([N+](=O)[O-])c3)o2)SC1=S. The van der Waals surface area contributed by atoms with E-state index >= 15 is 0 Å². The molecule has 1 saturated heterocycles. The zero-order valence-corrected chi connectivity index (χ0v) is 17.7. The third-order valence-corrected chi connectivity index (χ3v) is 5.73. The number of non-ortho nitro benzene ring substituents is 1. The summed E-state index contributed by atoms with van der Waals surface area (Å²) in [6.45, 7) is 0. The standard InChI is InChI=1S/C21H13N3O6S2/c25-19-18(32-21(31)23(19)22-16-7-2-1-6-15(16)20(26)27)11-14-8-9-17(30-14)12-4-3-5-13(10-12)24(28)29/h1-11,22H,(H,26,27). The lowest BCUT2D eigenvalue weighted by atomic mass is 10.1. The van der Waals surface area contributed by atoms with E-state index in [1.54, 1.807) is 36.4 Å². The molecule has 1 fully saturated rings. The van der Waals surface area contributed by atoms with Gasteiger partial charge in [-0.05, 0) is 36.5 Å². The number of nitrogens with zero attached hydrogens (tertiary/aromatic N) is 2. The van der Waals surface area contributed by atoms with Gasteiger partial charge in [-0.2, -0.15) is 0 Å². The van der Waals surface area contributed by atoms with Crippen LogP contribution in [-0.4, -0.2) is 31.2 Å². The molecule has 0 saturated carbocycles. The van der Waals surface area contributed by atoms with E-state index in [9.17, 15) is 24.8 Å². The van der Waals surface area contributed by atoms with E-state index in [0.717, 1.165) is 16.8 Å². The molecular weight excluding hydrogens is 454 g/mol. The molecule has 2 aromatic carbocycles. The summed E-state index contributed by atoms with van der Waals surface area (Å²) >= 11 is 6.29. The number of thiocarbonyl (C=S) groups is 1. The first kappa shape index (κ1) is 21.3. The smallest absolute Gasteiger partial charge is 0.337 e. The number of hydrazine groups is 1. The first-order valence-corrected chi connectivity index (χ1v) is 10.3. The van der Waals surface area contributed by atoms with Crippen LogP contribution in [0.2, 0.25) is 0 Å². The average molecular weight is 467 g/mol. The van der Waals surface area contributed by atoms with Crippen LogP contribution in [0.3, 0.4) is 0 Å². The zero-order valence-electron chi connectivity index (χ0n) is 16.1. The van der Waals surface area contributed by atoms with Crippen LogP contribution in [0.25, 0.3) is 17.4 Å². The number of nitro benzene ring substituents is 1. The van der Waals surface area contributed by atoms with Gasteiger partial charge in [0.15, 0.2) is 4.32 Å². The van der Waals surface area contributed by atoms with E-state index in [2.05, 4.69) is 5.43 Å². The van der Waals surface area contributed by atoms with Crippen LogP contribution < -0.4 is 5.43 Å². The molecule has 1 aliphatic heterocycles. The van der Waals surface area contributed by atoms with E-state index in [0.29, 0.717) is 17.1 Å². The molecule has 4 rings (SSSR count). The van der Waals surface area contributed by atoms with Gasteiger partial charge in [-0.1, -0.05) is 36.0 Å². The molecule has 0 spiro atoms. The van der Waals surface area contributed by atoms with E-state index in [1.807, 2.05) is 0 Å². The Labute approximate surface area is 190 Å². The summed E-state index contributed by atoms with van der Waals surface area (Å²) in [5, 5.41) is 21.4. The number of carbonyl (C=O) groups is 2. The van der Waals surface area contributed by atoms with Crippen LogP contribution >= 0.6 is 24.0 Å². The molecule has 2 heterocycles. The molecule has 0 bridgehead atoms. The van der Waals surface area contributed by atoms with Gasteiger partial charge in [-0.25, -0.2) is 9.80 Å². The number of benzene rings is 2. The number of carboxylic acids is 1. The molecule has 1 aromatic heterocycles. The number of carboxylic acid groups (broad SMARTS) is 1. The van der Waals surface area contributed by atoms with Gasteiger partial charge < -0.3 is 9.52 Å². The lowest BCUT2D eigenvalue weighted by Gasteiger charge is -2.18. The summed E-state index contributed by atoms with van der Waals surface area (Å²) in [5.41, 5.74) is 3.45. The quantitative estimate of drug-likeness (QED) is 0.228. The lowest BCUT2D eigenvalue weighted by Crippen LogP contribution is -2.34. The van der Waals surface area contributed by atoms with Gasteiger partial charge in [0.2, 0.25) is 0 Å². The maximum Gasteiger partial charge on any atom is 0.337 e. The van der Waals surface area contributed by atoms with Crippen LogP contribution in [-0.2, 0) is 4.79 Å². The number of hydrogen-bond acceptors (Lipinski definition) is 8. The fourth-order valence-corrected chi connectivity index (χ4v) is 4.10. The van der Waals surface area contributed by atoms with E-state index in [4.69, 9.17) is 16.6 Å². The molecule has 0 aliphatic carbocycles. The first-order valence-electron chi connectivity index (χ1n) is 9.05. The molecule has 160 valence electrons. The Morgan fingerprint density at radius 3 is 2.72 bits per heavy atom. The van der Waals surface area contributed by atoms with Crippen LogP contribution in [0.15, 0.2) is 70.0 Å². The predicted octanol–water partition coefficient (Wildman–Crippen LogP) is 4.78. The summed E-state index contributed by atoms with van der Waals surface area (Å²) in [7, 11) is 0. The Hall–Kier alpha value is -3.96. The van der Waals surface area contributed by atoms with E-state index in [1.165, 1.54) is 30.3 Å². The topological polar surface area (TPSA) is 126 Å². The Balaban J connectivity index is 1.56. The van der Waals surface area contributed by atoms with Crippen molar-refractivity contribution in [3.05, 3.63) is 87.0 Å². The van der Waals surface area contributed by atoms with Crippen molar-refractivity contribution in [2.75, 3.05) is 5.43 Å². The van der Waals surface area contributed by atoms with Crippen molar-refractivity contribution in [1.29, 1.82) is 0 Å². The highest BCUT2D eigenvalue weighted by Crippen LogP contribution is 2.34. The monoisotopic (exact) mass is 467 g/mol. The second-order valence-electron chi connectivity index (χ2n) is 6.49. The molecular formula is C21H13N3O6S2. The average Bonchev–Trinajstić information content (AvgIpc) is 3.34. The van der Waals surface area contributed by atoms with Crippen LogP contribution in [0.4, 0.5) is 11.4 Å². The number of rotatable bonds is 6. The van der Waals surface area contributed by atoms with E-state index in [-0.39, 0.29) is 26.2 Å². The maximum absolute atomic E-state index is 12.8.